The summed E-state index contributed by atoms with van der Waals surface area (Å²) in [5.41, 5.74) is 7.04. The van der Waals surface area contributed by atoms with Gasteiger partial charge in [0.1, 0.15) is 0 Å². The summed E-state index contributed by atoms with van der Waals surface area (Å²) in [5.74, 6) is 0.0978. The van der Waals surface area contributed by atoms with Gasteiger partial charge in [0.15, 0.2) is 0 Å². The van der Waals surface area contributed by atoms with E-state index in [1.54, 1.807) is 38.4 Å². The third-order valence-electron chi connectivity index (χ3n) is 2.87. The van der Waals surface area contributed by atoms with Crippen molar-refractivity contribution in [2.24, 2.45) is 11.7 Å². The van der Waals surface area contributed by atoms with Crippen LogP contribution in [0.1, 0.15) is 30.6 Å². The summed E-state index contributed by atoms with van der Waals surface area (Å²) in [7, 11) is 3.39. The molecule has 1 aromatic carbocycles. The SMILES string of the molecule is CC(C)CC(N)C(=O)Nc1ccc(C(=O)N(C)C)cc1. The van der Waals surface area contributed by atoms with Crippen molar-refractivity contribution in [1.29, 1.82) is 0 Å². The van der Waals surface area contributed by atoms with Gasteiger partial charge >= 0.3 is 0 Å². The summed E-state index contributed by atoms with van der Waals surface area (Å²) < 4.78 is 0. The summed E-state index contributed by atoms with van der Waals surface area (Å²) in [6.45, 7) is 4.05. The Morgan fingerprint density at radius 3 is 2.20 bits per heavy atom. The molecule has 0 radical (unpaired) electrons. The predicted molar refractivity (Wildman–Crippen MR) is 80.5 cm³/mol. The molecule has 0 aromatic heterocycles. The molecule has 110 valence electrons. The van der Waals surface area contributed by atoms with Crippen LogP contribution >= 0.6 is 0 Å². The second kappa shape index (κ2) is 7.05. The second-order valence-corrected chi connectivity index (χ2v) is 5.50. The minimum absolute atomic E-state index is 0.0700. The van der Waals surface area contributed by atoms with E-state index >= 15 is 0 Å². The van der Waals surface area contributed by atoms with Crippen molar-refractivity contribution in [2.75, 3.05) is 19.4 Å². The molecule has 20 heavy (non-hydrogen) atoms. The number of nitrogens with two attached hydrogens (primary N) is 1. The third kappa shape index (κ3) is 4.66. The lowest BCUT2D eigenvalue weighted by molar-refractivity contribution is -0.117. The van der Waals surface area contributed by atoms with Crippen molar-refractivity contribution >= 4 is 17.5 Å². The number of nitrogens with one attached hydrogen (secondary N) is 1. The quantitative estimate of drug-likeness (QED) is 0.860. The average Bonchev–Trinajstić information content (AvgIpc) is 2.37. The Labute approximate surface area is 120 Å². The number of hydrogen-bond donors (Lipinski definition) is 2. The molecule has 0 bridgehead atoms. The van der Waals surface area contributed by atoms with Crippen LogP contribution in [-0.4, -0.2) is 36.9 Å². The number of nitrogens with zero attached hydrogens (tertiary/aromatic N) is 1. The zero-order valence-electron chi connectivity index (χ0n) is 12.5. The molecular weight excluding hydrogens is 254 g/mol. The van der Waals surface area contributed by atoms with Crippen molar-refractivity contribution in [3.05, 3.63) is 29.8 Å². The van der Waals surface area contributed by atoms with Crippen LogP contribution < -0.4 is 11.1 Å². The van der Waals surface area contributed by atoms with Gasteiger partial charge in [-0.15, -0.1) is 0 Å². The number of carbonyl (C=O) groups excluding carboxylic acids is 2. The van der Waals surface area contributed by atoms with Gasteiger partial charge in [0, 0.05) is 25.3 Å². The van der Waals surface area contributed by atoms with Crippen molar-refractivity contribution in [2.45, 2.75) is 26.3 Å². The molecule has 0 fully saturated rings. The largest absolute Gasteiger partial charge is 0.345 e. The smallest absolute Gasteiger partial charge is 0.253 e. The normalized spacial score (nSPS) is 12.1. The zero-order chi connectivity index (χ0) is 15.3. The second-order valence-electron chi connectivity index (χ2n) is 5.50. The molecule has 0 aliphatic rings. The maximum absolute atomic E-state index is 11.9. The van der Waals surface area contributed by atoms with Gasteiger partial charge in [-0.2, -0.15) is 0 Å². The Hall–Kier alpha value is -1.88. The third-order valence-corrected chi connectivity index (χ3v) is 2.87. The van der Waals surface area contributed by atoms with E-state index < -0.39 is 6.04 Å². The van der Waals surface area contributed by atoms with Gasteiger partial charge in [-0.1, -0.05) is 13.8 Å². The lowest BCUT2D eigenvalue weighted by Gasteiger charge is -2.14. The number of anilines is 1. The van der Waals surface area contributed by atoms with Gasteiger partial charge in [0.2, 0.25) is 5.91 Å². The maximum atomic E-state index is 11.9. The summed E-state index contributed by atoms with van der Waals surface area (Å²) in [4.78, 5) is 25.1. The van der Waals surface area contributed by atoms with Gasteiger partial charge in [-0.3, -0.25) is 9.59 Å². The first kappa shape index (κ1) is 16.2. The lowest BCUT2D eigenvalue weighted by atomic mass is 10.0. The molecule has 5 heteroatoms. The molecule has 1 aromatic rings. The zero-order valence-corrected chi connectivity index (χ0v) is 12.5. The molecule has 0 saturated carbocycles. The van der Waals surface area contributed by atoms with Crippen molar-refractivity contribution in [1.82, 2.24) is 4.90 Å². The Morgan fingerprint density at radius 2 is 1.75 bits per heavy atom. The molecule has 0 heterocycles. The van der Waals surface area contributed by atoms with Crippen molar-refractivity contribution < 1.29 is 9.59 Å². The summed E-state index contributed by atoms with van der Waals surface area (Å²) >= 11 is 0. The van der Waals surface area contributed by atoms with Crippen LogP contribution in [0.2, 0.25) is 0 Å². The molecule has 1 unspecified atom stereocenters. The molecule has 0 saturated heterocycles. The fraction of sp³-hybridized carbons (Fsp3) is 0.467. The number of amides is 2. The maximum Gasteiger partial charge on any atom is 0.253 e. The van der Waals surface area contributed by atoms with Crippen LogP contribution in [-0.2, 0) is 4.79 Å². The summed E-state index contributed by atoms with van der Waals surface area (Å²) in [6.07, 6.45) is 0.642. The molecule has 3 N–H and O–H groups in total. The topological polar surface area (TPSA) is 75.4 Å². The fourth-order valence-electron chi connectivity index (χ4n) is 1.80. The highest BCUT2D eigenvalue weighted by atomic mass is 16.2. The van der Waals surface area contributed by atoms with Crippen LogP contribution in [0.5, 0.6) is 0 Å². The summed E-state index contributed by atoms with van der Waals surface area (Å²) in [5, 5.41) is 2.75. The highest BCUT2D eigenvalue weighted by molar-refractivity contribution is 5.96. The van der Waals surface area contributed by atoms with E-state index in [0.717, 1.165) is 0 Å². The van der Waals surface area contributed by atoms with Crippen LogP contribution in [0.15, 0.2) is 24.3 Å². The predicted octanol–water partition coefficient (Wildman–Crippen LogP) is 1.70. The Kier molecular flexibility index (Phi) is 5.70. The minimum atomic E-state index is -0.516. The van der Waals surface area contributed by atoms with E-state index in [1.165, 1.54) is 4.90 Å². The first-order valence-electron chi connectivity index (χ1n) is 6.69. The van der Waals surface area contributed by atoms with Gasteiger partial charge in [0.25, 0.3) is 5.91 Å². The van der Waals surface area contributed by atoms with Crippen molar-refractivity contribution in [3.63, 3.8) is 0 Å². The monoisotopic (exact) mass is 277 g/mol. The number of hydrogen-bond acceptors (Lipinski definition) is 3. The van der Waals surface area contributed by atoms with Crippen LogP contribution in [0.3, 0.4) is 0 Å². The Balaban J connectivity index is 2.66. The highest BCUT2D eigenvalue weighted by Gasteiger charge is 2.15. The van der Waals surface area contributed by atoms with Crippen LogP contribution in [0, 0.1) is 5.92 Å². The first-order chi connectivity index (χ1) is 9.31. The summed E-state index contributed by atoms with van der Waals surface area (Å²) in [6, 6.07) is 6.27. The average molecular weight is 277 g/mol. The molecular formula is C15H23N3O2. The molecule has 2 amide bonds. The molecule has 5 nitrogen and oxygen atoms in total. The van der Waals surface area contributed by atoms with E-state index in [0.29, 0.717) is 23.6 Å². The van der Waals surface area contributed by atoms with E-state index in [9.17, 15) is 9.59 Å². The van der Waals surface area contributed by atoms with Gasteiger partial charge in [-0.25, -0.2) is 0 Å². The Bertz CT molecular complexity index is 467. The standard InChI is InChI=1S/C15H23N3O2/c1-10(2)9-13(16)14(19)17-12-7-5-11(6-8-12)15(20)18(3)4/h5-8,10,13H,9,16H2,1-4H3,(H,17,19). The van der Waals surface area contributed by atoms with Gasteiger partial charge in [-0.05, 0) is 36.6 Å². The number of carbonyl (C=O) groups is 2. The Morgan fingerprint density at radius 1 is 1.20 bits per heavy atom. The van der Waals surface area contributed by atoms with Crippen LogP contribution in [0.4, 0.5) is 5.69 Å². The molecule has 0 aliphatic heterocycles. The number of rotatable bonds is 5. The van der Waals surface area contributed by atoms with E-state index in [4.69, 9.17) is 5.73 Å². The lowest BCUT2D eigenvalue weighted by Crippen LogP contribution is -2.36. The minimum Gasteiger partial charge on any atom is -0.345 e. The van der Waals surface area contributed by atoms with E-state index in [-0.39, 0.29) is 11.8 Å². The first-order valence-corrected chi connectivity index (χ1v) is 6.69. The van der Waals surface area contributed by atoms with Crippen molar-refractivity contribution in [3.8, 4) is 0 Å². The van der Waals surface area contributed by atoms with Crippen LogP contribution in [0.25, 0.3) is 0 Å². The molecule has 0 spiro atoms. The van der Waals surface area contributed by atoms with E-state index in [2.05, 4.69) is 5.32 Å². The number of benzene rings is 1. The van der Waals surface area contributed by atoms with E-state index in [1.807, 2.05) is 13.8 Å². The molecule has 1 rings (SSSR count). The van der Waals surface area contributed by atoms with Gasteiger partial charge < -0.3 is 16.0 Å². The van der Waals surface area contributed by atoms with Gasteiger partial charge in [0.05, 0.1) is 6.04 Å². The molecule has 0 aliphatic carbocycles. The fourth-order valence-corrected chi connectivity index (χ4v) is 1.80. The highest BCUT2D eigenvalue weighted by Crippen LogP contribution is 2.12. The molecule has 1 atom stereocenters.